The standard InChI is InChI=1S/C19H22ClFN2O/c1-3-23(4-2)18(14-8-6-5-7-9-14)13-22-19(24)16-12-15(20)10-11-17(16)21/h5-12,18H,3-4,13H2,1-2H3,(H,22,24). The first-order valence-electron chi connectivity index (χ1n) is 8.09. The molecule has 3 nitrogen and oxygen atoms in total. The molecule has 0 bridgehead atoms. The molecule has 0 heterocycles. The normalized spacial score (nSPS) is 12.2. The van der Waals surface area contributed by atoms with E-state index in [0.717, 1.165) is 18.7 Å². The molecule has 2 aromatic carbocycles. The van der Waals surface area contributed by atoms with Gasteiger partial charge in [-0.05, 0) is 36.9 Å². The maximum absolute atomic E-state index is 13.8. The molecule has 24 heavy (non-hydrogen) atoms. The second kappa shape index (κ2) is 8.81. The van der Waals surface area contributed by atoms with Crippen molar-refractivity contribution in [3.05, 3.63) is 70.5 Å². The van der Waals surface area contributed by atoms with E-state index in [1.165, 1.54) is 18.2 Å². The third-order valence-electron chi connectivity index (χ3n) is 4.07. The summed E-state index contributed by atoms with van der Waals surface area (Å²) in [6, 6.07) is 14.0. The van der Waals surface area contributed by atoms with Crippen molar-refractivity contribution in [1.29, 1.82) is 0 Å². The van der Waals surface area contributed by atoms with Gasteiger partial charge >= 0.3 is 0 Å². The topological polar surface area (TPSA) is 32.3 Å². The lowest BCUT2D eigenvalue weighted by atomic mass is 10.0. The van der Waals surface area contributed by atoms with E-state index in [4.69, 9.17) is 11.6 Å². The fourth-order valence-electron chi connectivity index (χ4n) is 2.75. The van der Waals surface area contributed by atoms with Crippen LogP contribution in [0.5, 0.6) is 0 Å². The number of hydrogen-bond acceptors (Lipinski definition) is 2. The highest BCUT2D eigenvalue weighted by Gasteiger charge is 2.20. The van der Waals surface area contributed by atoms with E-state index >= 15 is 0 Å². The van der Waals surface area contributed by atoms with E-state index in [1.54, 1.807) is 0 Å². The molecule has 0 aliphatic rings. The maximum atomic E-state index is 13.8. The number of benzene rings is 2. The van der Waals surface area contributed by atoms with E-state index in [2.05, 4.69) is 24.1 Å². The van der Waals surface area contributed by atoms with Crippen LogP contribution in [0.3, 0.4) is 0 Å². The number of amides is 1. The average Bonchev–Trinajstić information content (AvgIpc) is 2.61. The van der Waals surface area contributed by atoms with Crippen LogP contribution in [0.4, 0.5) is 4.39 Å². The molecule has 0 radical (unpaired) electrons. The summed E-state index contributed by atoms with van der Waals surface area (Å²) in [7, 11) is 0. The molecule has 0 aliphatic carbocycles. The third kappa shape index (κ3) is 4.56. The molecule has 0 fully saturated rings. The molecule has 0 saturated heterocycles. The van der Waals surface area contributed by atoms with Crippen molar-refractivity contribution in [2.45, 2.75) is 19.9 Å². The fourth-order valence-corrected chi connectivity index (χ4v) is 2.93. The van der Waals surface area contributed by atoms with Crippen LogP contribution >= 0.6 is 11.6 Å². The first-order valence-corrected chi connectivity index (χ1v) is 8.46. The number of likely N-dealkylation sites (N-methyl/N-ethyl adjacent to an activating group) is 1. The van der Waals surface area contributed by atoms with Crippen LogP contribution in [0.1, 0.15) is 35.8 Å². The Morgan fingerprint density at radius 2 is 1.83 bits per heavy atom. The average molecular weight is 349 g/mol. The summed E-state index contributed by atoms with van der Waals surface area (Å²) in [5.74, 6) is -1.03. The molecule has 1 unspecified atom stereocenters. The van der Waals surface area contributed by atoms with Crippen LogP contribution in [-0.4, -0.2) is 30.4 Å². The Labute approximate surface area is 147 Å². The predicted octanol–water partition coefficient (Wildman–Crippen LogP) is 4.29. The first kappa shape index (κ1) is 18.4. The summed E-state index contributed by atoms with van der Waals surface area (Å²) in [5.41, 5.74) is 1.09. The van der Waals surface area contributed by atoms with Gasteiger partial charge in [0.25, 0.3) is 5.91 Å². The van der Waals surface area contributed by atoms with Crippen molar-refractivity contribution < 1.29 is 9.18 Å². The van der Waals surface area contributed by atoms with Crippen LogP contribution < -0.4 is 5.32 Å². The molecule has 128 valence electrons. The van der Waals surface area contributed by atoms with E-state index in [0.29, 0.717) is 11.6 Å². The summed E-state index contributed by atoms with van der Waals surface area (Å²) < 4.78 is 13.8. The molecule has 0 aliphatic heterocycles. The lowest BCUT2D eigenvalue weighted by molar-refractivity contribution is 0.0931. The lowest BCUT2D eigenvalue weighted by Crippen LogP contribution is -2.38. The van der Waals surface area contributed by atoms with Gasteiger partial charge in [0.05, 0.1) is 11.6 Å². The molecule has 5 heteroatoms. The SMILES string of the molecule is CCN(CC)C(CNC(=O)c1cc(Cl)ccc1F)c1ccccc1. The van der Waals surface area contributed by atoms with E-state index in [-0.39, 0.29) is 11.6 Å². The minimum absolute atomic E-state index is 0.0335. The van der Waals surface area contributed by atoms with Gasteiger partial charge in [-0.1, -0.05) is 55.8 Å². The molecule has 1 atom stereocenters. The summed E-state index contributed by atoms with van der Waals surface area (Å²) >= 11 is 5.86. The molecular formula is C19H22ClFN2O. The van der Waals surface area contributed by atoms with Gasteiger partial charge in [0.15, 0.2) is 0 Å². The summed E-state index contributed by atoms with van der Waals surface area (Å²) in [5, 5.41) is 3.17. The third-order valence-corrected chi connectivity index (χ3v) is 4.30. The van der Waals surface area contributed by atoms with Gasteiger partial charge in [-0.15, -0.1) is 0 Å². The highest BCUT2D eigenvalue weighted by molar-refractivity contribution is 6.31. The molecular weight excluding hydrogens is 327 g/mol. The van der Waals surface area contributed by atoms with Gasteiger partial charge in [0.1, 0.15) is 5.82 Å². The molecule has 2 aromatic rings. The Hall–Kier alpha value is -1.91. The molecule has 1 amide bonds. The molecule has 0 aromatic heterocycles. The second-order valence-electron chi connectivity index (χ2n) is 5.48. The van der Waals surface area contributed by atoms with E-state index in [9.17, 15) is 9.18 Å². The van der Waals surface area contributed by atoms with E-state index < -0.39 is 11.7 Å². The van der Waals surface area contributed by atoms with Crippen molar-refractivity contribution in [2.75, 3.05) is 19.6 Å². The van der Waals surface area contributed by atoms with Gasteiger partial charge in [0, 0.05) is 11.6 Å². The number of halogens is 2. The van der Waals surface area contributed by atoms with Gasteiger partial charge in [-0.25, -0.2) is 4.39 Å². The van der Waals surface area contributed by atoms with Gasteiger partial charge in [0.2, 0.25) is 0 Å². The molecule has 2 rings (SSSR count). The van der Waals surface area contributed by atoms with Crippen LogP contribution in [0.15, 0.2) is 48.5 Å². The van der Waals surface area contributed by atoms with Crippen molar-refractivity contribution in [3.63, 3.8) is 0 Å². The number of carbonyl (C=O) groups excluding carboxylic acids is 1. The first-order chi connectivity index (χ1) is 11.6. The minimum atomic E-state index is -0.573. The van der Waals surface area contributed by atoms with Crippen LogP contribution in [0, 0.1) is 5.82 Å². The van der Waals surface area contributed by atoms with Gasteiger partial charge in [-0.2, -0.15) is 0 Å². The highest BCUT2D eigenvalue weighted by atomic mass is 35.5. The van der Waals surface area contributed by atoms with E-state index in [1.807, 2.05) is 30.3 Å². The van der Waals surface area contributed by atoms with Crippen LogP contribution in [-0.2, 0) is 0 Å². The number of rotatable bonds is 7. The number of hydrogen-bond donors (Lipinski definition) is 1. The molecule has 0 spiro atoms. The lowest BCUT2D eigenvalue weighted by Gasteiger charge is -2.30. The second-order valence-corrected chi connectivity index (χ2v) is 5.92. The fraction of sp³-hybridized carbons (Fsp3) is 0.316. The van der Waals surface area contributed by atoms with Crippen LogP contribution in [0.25, 0.3) is 0 Å². The Bertz CT molecular complexity index is 674. The Morgan fingerprint density at radius 1 is 1.17 bits per heavy atom. The van der Waals surface area contributed by atoms with Crippen LogP contribution in [0.2, 0.25) is 5.02 Å². The largest absolute Gasteiger partial charge is 0.350 e. The maximum Gasteiger partial charge on any atom is 0.254 e. The summed E-state index contributed by atoms with van der Waals surface area (Å²) in [6.45, 7) is 6.28. The van der Waals surface area contributed by atoms with Crippen molar-refractivity contribution >= 4 is 17.5 Å². The Kier molecular flexibility index (Phi) is 6.76. The minimum Gasteiger partial charge on any atom is -0.350 e. The number of nitrogens with zero attached hydrogens (tertiary/aromatic N) is 1. The Morgan fingerprint density at radius 3 is 2.46 bits per heavy atom. The quantitative estimate of drug-likeness (QED) is 0.809. The monoisotopic (exact) mass is 348 g/mol. The van der Waals surface area contributed by atoms with Crippen molar-refractivity contribution in [3.8, 4) is 0 Å². The van der Waals surface area contributed by atoms with Gasteiger partial charge < -0.3 is 5.32 Å². The molecule has 0 saturated carbocycles. The predicted molar refractivity (Wildman–Crippen MR) is 95.8 cm³/mol. The van der Waals surface area contributed by atoms with Crippen molar-refractivity contribution in [1.82, 2.24) is 10.2 Å². The smallest absolute Gasteiger partial charge is 0.254 e. The summed E-state index contributed by atoms with van der Waals surface area (Å²) in [6.07, 6.45) is 0. The summed E-state index contributed by atoms with van der Waals surface area (Å²) in [4.78, 5) is 14.6. The zero-order valence-electron chi connectivity index (χ0n) is 13.9. The number of carbonyl (C=O) groups is 1. The Balaban J connectivity index is 2.15. The molecule has 1 N–H and O–H groups in total. The van der Waals surface area contributed by atoms with Gasteiger partial charge in [-0.3, -0.25) is 9.69 Å². The van der Waals surface area contributed by atoms with Crippen molar-refractivity contribution in [2.24, 2.45) is 0 Å². The number of nitrogens with one attached hydrogen (secondary N) is 1. The zero-order chi connectivity index (χ0) is 17.5. The zero-order valence-corrected chi connectivity index (χ0v) is 14.7. The highest BCUT2D eigenvalue weighted by Crippen LogP contribution is 2.20.